The molecule has 4 nitrogen and oxygen atoms in total. The van der Waals surface area contributed by atoms with Crippen LogP contribution in [0, 0.1) is 0 Å². The molecule has 2 aliphatic rings. The molecule has 0 spiro atoms. The minimum Gasteiger partial charge on any atom is -0.352 e. The highest BCUT2D eigenvalue weighted by Crippen LogP contribution is 2.32. The van der Waals surface area contributed by atoms with Gasteiger partial charge in [0.15, 0.2) is 0 Å². The van der Waals surface area contributed by atoms with Gasteiger partial charge in [0.1, 0.15) is 5.01 Å². The van der Waals surface area contributed by atoms with E-state index in [9.17, 15) is 4.79 Å². The summed E-state index contributed by atoms with van der Waals surface area (Å²) in [5.74, 6) is -0.0138. The van der Waals surface area contributed by atoms with Crippen molar-refractivity contribution in [2.45, 2.75) is 45.1 Å². The third-order valence-corrected chi connectivity index (χ3v) is 6.57. The summed E-state index contributed by atoms with van der Waals surface area (Å²) < 4.78 is 0. The maximum absolute atomic E-state index is 11.9. The lowest BCUT2D eigenvalue weighted by molar-refractivity contribution is 0.0956. The highest BCUT2D eigenvalue weighted by Gasteiger charge is 2.27. The van der Waals surface area contributed by atoms with E-state index in [1.54, 1.807) is 0 Å². The fourth-order valence-electron chi connectivity index (χ4n) is 3.65. The van der Waals surface area contributed by atoms with Crippen molar-refractivity contribution in [2.75, 3.05) is 19.6 Å². The van der Waals surface area contributed by atoms with Crippen molar-refractivity contribution in [1.29, 1.82) is 0 Å². The van der Waals surface area contributed by atoms with Crippen LogP contribution in [0.5, 0.6) is 0 Å². The van der Waals surface area contributed by atoms with Crippen LogP contribution in [0.15, 0.2) is 24.3 Å². The minimum absolute atomic E-state index is 0.0138. The summed E-state index contributed by atoms with van der Waals surface area (Å²) in [6, 6.07) is 8.65. The topological polar surface area (TPSA) is 45.2 Å². The summed E-state index contributed by atoms with van der Waals surface area (Å²) >= 11 is 1.83. The molecular formula is C20H25N3OS. The molecule has 1 amide bonds. The first kappa shape index (κ1) is 16.7. The number of nitrogens with zero attached hydrogens (tertiary/aromatic N) is 2. The molecule has 1 saturated carbocycles. The molecular weight excluding hydrogens is 330 g/mol. The van der Waals surface area contributed by atoms with Crippen LogP contribution < -0.4 is 5.32 Å². The molecule has 0 atom stereocenters. The molecule has 1 aromatic carbocycles. The molecule has 0 unspecified atom stereocenters. The SMILES string of the molecule is CCNC(=O)c1ccc(-c2nc3c(s2)CCN(C2CCC2)CC3)cc1. The fraction of sp³-hybridized carbons (Fsp3) is 0.500. The zero-order valence-corrected chi connectivity index (χ0v) is 15.6. The Kier molecular flexibility index (Phi) is 4.86. The first-order valence-corrected chi connectivity index (χ1v) is 10.2. The molecule has 4 rings (SSSR count). The highest BCUT2D eigenvalue weighted by atomic mass is 32.1. The molecule has 0 radical (unpaired) electrons. The normalized spacial score (nSPS) is 18.3. The quantitative estimate of drug-likeness (QED) is 0.913. The molecule has 1 aliphatic carbocycles. The number of carbonyl (C=O) groups is 1. The number of aromatic nitrogens is 1. The van der Waals surface area contributed by atoms with E-state index in [1.807, 2.05) is 42.5 Å². The molecule has 0 saturated heterocycles. The Bertz CT molecular complexity index is 723. The highest BCUT2D eigenvalue weighted by molar-refractivity contribution is 7.15. The summed E-state index contributed by atoms with van der Waals surface area (Å²) in [4.78, 5) is 20.9. The van der Waals surface area contributed by atoms with E-state index in [4.69, 9.17) is 4.98 Å². The van der Waals surface area contributed by atoms with Gasteiger partial charge < -0.3 is 5.32 Å². The Morgan fingerprint density at radius 3 is 2.68 bits per heavy atom. The van der Waals surface area contributed by atoms with Crippen LogP contribution in [-0.4, -0.2) is 41.5 Å². The zero-order chi connectivity index (χ0) is 17.2. The first-order chi connectivity index (χ1) is 12.2. The predicted molar refractivity (Wildman–Crippen MR) is 102 cm³/mol. The summed E-state index contributed by atoms with van der Waals surface area (Å²) in [5, 5.41) is 3.92. The van der Waals surface area contributed by atoms with Crippen molar-refractivity contribution in [1.82, 2.24) is 15.2 Å². The average molecular weight is 356 g/mol. The van der Waals surface area contributed by atoms with Crippen LogP contribution in [0.2, 0.25) is 0 Å². The van der Waals surface area contributed by atoms with Gasteiger partial charge in [0.25, 0.3) is 5.91 Å². The van der Waals surface area contributed by atoms with Crippen LogP contribution in [0.4, 0.5) is 0 Å². The van der Waals surface area contributed by atoms with Gasteiger partial charge in [-0.2, -0.15) is 0 Å². The van der Waals surface area contributed by atoms with Gasteiger partial charge >= 0.3 is 0 Å². The molecule has 1 N–H and O–H groups in total. The van der Waals surface area contributed by atoms with Gasteiger partial charge in [-0.05, 0) is 38.3 Å². The monoisotopic (exact) mass is 355 g/mol. The van der Waals surface area contributed by atoms with E-state index >= 15 is 0 Å². The van der Waals surface area contributed by atoms with Crippen molar-refractivity contribution in [2.24, 2.45) is 0 Å². The van der Waals surface area contributed by atoms with Crippen LogP contribution in [-0.2, 0) is 12.8 Å². The van der Waals surface area contributed by atoms with E-state index in [2.05, 4.69) is 10.2 Å². The van der Waals surface area contributed by atoms with E-state index in [0.717, 1.165) is 36.0 Å². The number of carbonyl (C=O) groups excluding carboxylic acids is 1. The van der Waals surface area contributed by atoms with Crippen molar-refractivity contribution >= 4 is 17.2 Å². The number of nitrogens with one attached hydrogen (secondary N) is 1. The van der Waals surface area contributed by atoms with Crippen molar-refractivity contribution < 1.29 is 4.79 Å². The summed E-state index contributed by atoms with van der Waals surface area (Å²) in [6.07, 6.45) is 6.35. The van der Waals surface area contributed by atoms with Gasteiger partial charge in [-0.1, -0.05) is 18.6 Å². The minimum atomic E-state index is -0.0138. The number of amides is 1. The summed E-state index contributed by atoms with van der Waals surface area (Å²) in [5.41, 5.74) is 3.11. The van der Waals surface area contributed by atoms with Crippen LogP contribution in [0.3, 0.4) is 0 Å². The Morgan fingerprint density at radius 1 is 1.24 bits per heavy atom. The Balaban J connectivity index is 1.47. The third kappa shape index (κ3) is 3.48. The number of hydrogen-bond acceptors (Lipinski definition) is 4. The number of benzene rings is 1. The molecule has 5 heteroatoms. The van der Waals surface area contributed by atoms with Crippen molar-refractivity contribution in [3.05, 3.63) is 40.4 Å². The van der Waals surface area contributed by atoms with Gasteiger partial charge in [-0.25, -0.2) is 4.98 Å². The maximum atomic E-state index is 11.9. The van der Waals surface area contributed by atoms with Gasteiger partial charge in [-0.15, -0.1) is 11.3 Å². The number of thiazole rings is 1. The van der Waals surface area contributed by atoms with Gasteiger partial charge in [0.2, 0.25) is 0 Å². The third-order valence-electron chi connectivity index (χ3n) is 5.36. The summed E-state index contributed by atoms with van der Waals surface area (Å²) in [6.45, 7) is 4.91. The number of fused-ring (bicyclic) bond motifs is 1. The van der Waals surface area contributed by atoms with E-state index < -0.39 is 0 Å². The summed E-state index contributed by atoms with van der Waals surface area (Å²) in [7, 11) is 0. The van der Waals surface area contributed by atoms with Crippen molar-refractivity contribution in [3.63, 3.8) is 0 Å². The van der Waals surface area contributed by atoms with Crippen LogP contribution in [0.25, 0.3) is 10.6 Å². The second-order valence-corrected chi connectivity index (χ2v) is 8.03. The van der Waals surface area contributed by atoms with Gasteiger partial charge in [0.05, 0.1) is 5.69 Å². The van der Waals surface area contributed by atoms with E-state index in [1.165, 1.54) is 36.4 Å². The van der Waals surface area contributed by atoms with E-state index in [-0.39, 0.29) is 5.91 Å². The van der Waals surface area contributed by atoms with Crippen LogP contribution >= 0.6 is 11.3 Å². The smallest absolute Gasteiger partial charge is 0.251 e. The second-order valence-electron chi connectivity index (χ2n) is 6.95. The van der Waals surface area contributed by atoms with E-state index in [0.29, 0.717) is 12.1 Å². The molecule has 0 bridgehead atoms. The zero-order valence-electron chi connectivity index (χ0n) is 14.8. The largest absolute Gasteiger partial charge is 0.352 e. The molecule has 1 fully saturated rings. The Labute approximate surface area is 153 Å². The lowest BCUT2D eigenvalue weighted by Crippen LogP contribution is -2.41. The average Bonchev–Trinajstić information content (AvgIpc) is 2.90. The van der Waals surface area contributed by atoms with Gasteiger partial charge in [-0.3, -0.25) is 9.69 Å². The first-order valence-electron chi connectivity index (χ1n) is 9.36. The molecule has 2 heterocycles. The molecule has 1 aliphatic heterocycles. The Morgan fingerprint density at radius 2 is 2.00 bits per heavy atom. The Hall–Kier alpha value is -1.72. The molecule has 25 heavy (non-hydrogen) atoms. The van der Waals surface area contributed by atoms with Gasteiger partial charge in [0, 0.05) is 48.1 Å². The molecule has 2 aromatic rings. The lowest BCUT2D eigenvalue weighted by Gasteiger charge is -2.36. The molecule has 132 valence electrons. The maximum Gasteiger partial charge on any atom is 0.251 e. The fourth-order valence-corrected chi connectivity index (χ4v) is 4.75. The second kappa shape index (κ2) is 7.26. The number of hydrogen-bond donors (Lipinski definition) is 1. The van der Waals surface area contributed by atoms with Crippen molar-refractivity contribution in [3.8, 4) is 10.6 Å². The standard InChI is InChI=1S/C20H25N3OS/c1-2-21-19(24)14-6-8-15(9-7-14)20-22-17-10-12-23(16-4-3-5-16)13-11-18(17)25-20/h6-9,16H,2-5,10-13H2,1H3,(H,21,24). The number of rotatable bonds is 4. The lowest BCUT2D eigenvalue weighted by atomic mass is 9.91. The molecule has 1 aromatic heterocycles. The van der Waals surface area contributed by atoms with Crippen LogP contribution in [0.1, 0.15) is 47.1 Å². The predicted octanol–water partition coefficient (Wildman–Crippen LogP) is 3.51.